The van der Waals surface area contributed by atoms with Gasteiger partial charge < -0.3 is 14.4 Å². The number of benzene rings is 2. The molecule has 0 aromatic heterocycles. The van der Waals surface area contributed by atoms with Crippen LogP contribution in [0.5, 0.6) is 5.75 Å². The van der Waals surface area contributed by atoms with Crippen LogP contribution >= 0.6 is 0 Å². The van der Waals surface area contributed by atoms with Crippen molar-refractivity contribution in [2.45, 2.75) is 25.5 Å². The second-order valence-electron chi connectivity index (χ2n) is 6.67. The zero-order chi connectivity index (χ0) is 17.2. The maximum atomic E-state index is 13.1. The highest BCUT2D eigenvalue weighted by molar-refractivity contribution is 5.95. The third kappa shape index (κ3) is 3.29. The van der Waals surface area contributed by atoms with Crippen molar-refractivity contribution < 1.29 is 14.3 Å². The number of hydrogen-bond donors (Lipinski definition) is 0. The molecule has 4 heteroatoms. The number of methoxy groups -OCH3 is 1. The first-order valence-corrected chi connectivity index (χ1v) is 8.14. The first-order chi connectivity index (χ1) is 11.5. The molecule has 0 bridgehead atoms. The zero-order valence-electron chi connectivity index (χ0n) is 14.4. The Kier molecular flexibility index (Phi) is 4.58. The molecule has 1 aliphatic rings. The number of rotatable bonds is 3. The van der Waals surface area contributed by atoms with Gasteiger partial charge in [-0.3, -0.25) is 4.79 Å². The van der Waals surface area contributed by atoms with Gasteiger partial charge in [-0.05, 0) is 37.6 Å². The van der Waals surface area contributed by atoms with E-state index in [0.717, 1.165) is 5.56 Å². The second-order valence-corrected chi connectivity index (χ2v) is 6.67. The van der Waals surface area contributed by atoms with Gasteiger partial charge in [0.15, 0.2) is 0 Å². The predicted octanol–water partition coefficient (Wildman–Crippen LogP) is 3.69. The number of carbonyl (C=O) groups excluding carboxylic acids is 1. The molecule has 0 N–H and O–H groups in total. The molecule has 3 rings (SSSR count). The van der Waals surface area contributed by atoms with Gasteiger partial charge in [-0.25, -0.2) is 0 Å². The Hall–Kier alpha value is -2.33. The lowest BCUT2D eigenvalue weighted by Crippen LogP contribution is -2.56. The second kappa shape index (κ2) is 6.65. The third-order valence-electron chi connectivity index (χ3n) is 4.45. The van der Waals surface area contributed by atoms with Crippen LogP contribution in [0.4, 0.5) is 0 Å². The van der Waals surface area contributed by atoms with Crippen LogP contribution in [0.15, 0.2) is 54.6 Å². The van der Waals surface area contributed by atoms with E-state index in [0.29, 0.717) is 24.5 Å². The van der Waals surface area contributed by atoms with E-state index in [1.807, 2.05) is 67.3 Å². The number of amides is 1. The predicted molar refractivity (Wildman–Crippen MR) is 93.2 cm³/mol. The third-order valence-corrected chi connectivity index (χ3v) is 4.45. The Labute approximate surface area is 143 Å². The summed E-state index contributed by atoms with van der Waals surface area (Å²) >= 11 is 0. The summed E-state index contributed by atoms with van der Waals surface area (Å²) in [6, 6.07) is 17.3. The molecule has 1 aliphatic heterocycles. The minimum absolute atomic E-state index is 0.00290. The van der Waals surface area contributed by atoms with Crippen molar-refractivity contribution in [3.05, 3.63) is 65.7 Å². The molecule has 1 saturated heterocycles. The summed E-state index contributed by atoms with van der Waals surface area (Å²) in [6.07, 6.45) is -0.103. The minimum atomic E-state index is -0.356. The average molecular weight is 325 g/mol. The SMILES string of the molecule is COc1cccc(C(=O)N2CC(c3ccccc3)OCC2(C)C)c1. The van der Waals surface area contributed by atoms with Gasteiger partial charge in [-0.1, -0.05) is 36.4 Å². The van der Waals surface area contributed by atoms with Crippen LogP contribution in [0, 0.1) is 0 Å². The zero-order valence-corrected chi connectivity index (χ0v) is 14.4. The Bertz CT molecular complexity index is 712. The van der Waals surface area contributed by atoms with E-state index in [1.54, 1.807) is 13.2 Å². The highest BCUT2D eigenvalue weighted by Crippen LogP contribution is 2.31. The average Bonchev–Trinajstić information content (AvgIpc) is 2.62. The van der Waals surface area contributed by atoms with Crippen LogP contribution in [-0.4, -0.2) is 36.6 Å². The van der Waals surface area contributed by atoms with E-state index >= 15 is 0 Å². The number of hydrogen-bond acceptors (Lipinski definition) is 3. The first kappa shape index (κ1) is 16.5. The van der Waals surface area contributed by atoms with Gasteiger partial charge >= 0.3 is 0 Å². The van der Waals surface area contributed by atoms with Gasteiger partial charge in [0, 0.05) is 5.56 Å². The molecule has 24 heavy (non-hydrogen) atoms. The molecule has 2 aromatic rings. The molecule has 1 amide bonds. The lowest BCUT2D eigenvalue weighted by atomic mass is 9.97. The quantitative estimate of drug-likeness (QED) is 0.864. The van der Waals surface area contributed by atoms with Gasteiger partial charge in [0.2, 0.25) is 0 Å². The molecule has 1 fully saturated rings. The molecule has 2 aromatic carbocycles. The Morgan fingerprint density at radius 1 is 1.17 bits per heavy atom. The summed E-state index contributed by atoms with van der Waals surface area (Å²) in [5.74, 6) is 0.689. The normalized spacial score (nSPS) is 19.8. The standard InChI is InChI=1S/C20H23NO3/c1-20(2)14-24-18(15-8-5-4-6-9-15)13-21(20)19(22)16-10-7-11-17(12-16)23-3/h4-12,18H,13-14H2,1-3H3. The molecule has 126 valence electrons. The highest BCUT2D eigenvalue weighted by atomic mass is 16.5. The summed E-state index contributed by atoms with van der Waals surface area (Å²) in [7, 11) is 1.60. The maximum absolute atomic E-state index is 13.1. The topological polar surface area (TPSA) is 38.8 Å². The van der Waals surface area contributed by atoms with Crippen molar-refractivity contribution in [1.29, 1.82) is 0 Å². The number of morpholine rings is 1. The van der Waals surface area contributed by atoms with Crippen molar-refractivity contribution in [1.82, 2.24) is 4.90 Å². The van der Waals surface area contributed by atoms with Crippen molar-refractivity contribution in [2.24, 2.45) is 0 Å². The lowest BCUT2D eigenvalue weighted by molar-refractivity contribution is -0.0846. The van der Waals surface area contributed by atoms with Crippen LogP contribution in [0.2, 0.25) is 0 Å². The Balaban J connectivity index is 1.86. The van der Waals surface area contributed by atoms with E-state index in [4.69, 9.17) is 9.47 Å². The summed E-state index contributed by atoms with van der Waals surface area (Å²) in [4.78, 5) is 15.0. The van der Waals surface area contributed by atoms with Crippen molar-refractivity contribution in [3.63, 3.8) is 0 Å². The van der Waals surface area contributed by atoms with Crippen LogP contribution in [0.3, 0.4) is 0 Å². The molecular formula is C20H23NO3. The van der Waals surface area contributed by atoms with E-state index in [2.05, 4.69) is 0 Å². The van der Waals surface area contributed by atoms with Gasteiger partial charge in [-0.2, -0.15) is 0 Å². The smallest absolute Gasteiger partial charge is 0.254 e. The molecule has 1 atom stereocenters. The monoisotopic (exact) mass is 325 g/mol. The molecule has 0 radical (unpaired) electrons. The number of ether oxygens (including phenoxy) is 2. The fourth-order valence-electron chi connectivity index (χ4n) is 2.99. The van der Waals surface area contributed by atoms with Crippen molar-refractivity contribution in [3.8, 4) is 5.75 Å². The lowest BCUT2D eigenvalue weighted by Gasteiger charge is -2.45. The first-order valence-electron chi connectivity index (χ1n) is 8.14. The highest BCUT2D eigenvalue weighted by Gasteiger charge is 2.38. The largest absolute Gasteiger partial charge is 0.497 e. The van der Waals surface area contributed by atoms with E-state index < -0.39 is 0 Å². The van der Waals surface area contributed by atoms with Gasteiger partial charge in [0.25, 0.3) is 5.91 Å². The van der Waals surface area contributed by atoms with Crippen LogP contribution in [0.25, 0.3) is 0 Å². The van der Waals surface area contributed by atoms with E-state index in [9.17, 15) is 4.79 Å². The Morgan fingerprint density at radius 3 is 2.62 bits per heavy atom. The molecule has 1 unspecified atom stereocenters. The van der Waals surface area contributed by atoms with Crippen LogP contribution in [-0.2, 0) is 4.74 Å². The summed E-state index contributed by atoms with van der Waals surface area (Å²) in [5.41, 5.74) is 1.37. The van der Waals surface area contributed by atoms with E-state index in [1.165, 1.54) is 0 Å². The summed E-state index contributed by atoms with van der Waals surface area (Å²) in [6.45, 7) is 5.11. The molecule has 0 aliphatic carbocycles. The maximum Gasteiger partial charge on any atom is 0.254 e. The van der Waals surface area contributed by atoms with Crippen molar-refractivity contribution in [2.75, 3.05) is 20.3 Å². The molecular weight excluding hydrogens is 302 g/mol. The minimum Gasteiger partial charge on any atom is -0.497 e. The molecule has 0 spiro atoms. The number of nitrogens with zero attached hydrogens (tertiary/aromatic N) is 1. The van der Waals surface area contributed by atoms with Gasteiger partial charge in [0.05, 0.1) is 25.8 Å². The van der Waals surface area contributed by atoms with Gasteiger partial charge in [0.1, 0.15) is 11.9 Å². The number of carbonyl (C=O) groups is 1. The fourth-order valence-corrected chi connectivity index (χ4v) is 2.99. The molecule has 1 heterocycles. The molecule has 4 nitrogen and oxygen atoms in total. The summed E-state index contributed by atoms with van der Waals surface area (Å²) < 4.78 is 11.3. The van der Waals surface area contributed by atoms with E-state index in [-0.39, 0.29) is 17.6 Å². The summed E-state index contributed by atoms with van der Waals surface area (Å²) in [5, 5.41) is 0. The fraction of sp³-hybridized carbons (Fsp3) is 0.350. The Morgan fingerprint density at radius 2 is 1.92 bits per heavy atom. The van der Waals surface area contributed by atoms with Crippen LogP contribution < -0.4 is 4.74 Å². The van der Waals surface area contributed by atoms with Crippen LogP contribution in [0.1, 0.15) is 35.9 Å². The van der Waals surface area contributed by atoms with Crippen molar-refractivity contribution >= 4 is 5.91 Å². The molecule has 0 saturated carbocycles. The van der Waals surface area contributed by atoms with Gasteiger partial charge in [-0.15, -0.1) is 0 Å².